The third kappa shape index (κ3) is 7.81. The summed E-state index contributed by atoms with van der Waals surface area (Å²) in [7, 11) is -4.86. The summed E-state index contributed by atoms with van der Waals surface area (Å²) >= 11 is 13.5. The van der Waals surface area contributed by atoms with Crippen LogP contribution in [0.15, 0.2) is 36.4 Å². The fourth-order valence-electron chi connectivity index (χ4n) is 6.50. The van der Waals surface area contributed by atoms with Crippen LogP contribution in [-0.4, -0.2) is 81.6 Å². The van der Waals surface area contributed by atoms with E-state index in [4.69, 9.17) is 27.6 Å². The second-order valence-electron chi connectivity index (χ2n) is 14.5. The molecule has 246 valence electrons. The molecule has 5 rings (SSSR count). The Morgan fingerprint density at radius 3 is 2.04 bits per heavy atom. The monoisotopic (exact) mass is 692 g/mol. The van der Waals surface area contributed by atoms with Gasteiger partial charge in [-0.2, -0.15) is 0 Å². The third-order valence-electron chi connectivity index (χ3n) is 10.4. The molecule has 1 unspecified atom stereocenters. The van der Waals surface area contributed by atoms with E-state index in [1.165, 1.54) is 0 Å². The predicted octanol–water partition coefficient (Wildman–Crippen LogP) is 7.26. The van der Waals surface area contributed by atoms with Gasteiger partial charge < -0.3 is 14.2 Å². The minimum absolute atomic E-state index is 0.00128. The molecule has 3 aliphatic rings. The lowest BCUT2D eigenvalue weighted by Gasteiger charge is -2.42. The van der Waals surface area contributed by atoms with Crippen LogP contribution < -0.4 is 0 Å². The van der Waals surface area contributed by atoms with Gasteiger partial charge in [0.25, 0.3) is 5.91 Å². The molecule has 2 aromatic carbocycles. The molecule has 2 amide bonds. The van der Waals surface area contributed by atoms with Crippen LogP contribution in [-0.2, 0) is 25.5 Å². The van der Waals surface area contributed by atoms with E-state index in [0.717, 1.165) is 55.3 Å². The Morgan fingerprint density at radius 2 is 1.49 bits per heavy atom. The van der Waals surface area contributed by atoms with Gasteiger partial charge >= 0.3 is 0 Å². The first-order valence-electron chi connectivity index (χ1n) is 16.1. The first-order valence-corrected chi connectivity index (χ1v) is 21.6. The number of nitrogens with zero attached hydrogens (tertiary/aromatic N) is 2. The van der Waals surface area contributed by atoms with Crippen molar-refractivity contribution in [3.05, 3.63) is 57.6 Å². The fraction of sp³-hybridized carbons (Fsp3) is 0.588. The number of hydrogen-bond donors (Lipinski definition) is 0. The van der Waals surface area contributed by atoms with Gasteiger partial charge in [-0.1, -0.05) is 56.1 Å². The highest BCUT2D eigenvalue weighted by Crippen LogP contribution is 2.41. The molecule has 0 spiro atoms. The van der Waals surface area contributed by atoms with Gasteiger partial charge in [0.1, 0.15) is 0 Å². The second-order valence-corrected chi connectivity index (χ2v) is 22.3. The topological polar surface area (TPSA) is 84.0 Å². The molecule has 2 aromatic rings. The minimum atomic E-state index is -3.06. The summed E-state index contributed by atoms with van der Waals surface area (Å²) in [6.45, 7) is 12.6. The van der Waals surface area contributed by atoms with Crippen molar-refractivity contribution in [1.82, 2.24) is 9.80 Å². The van der Waals surface area contributed by atoms with E-state index < -0.39 is 18.2 Å². The average Bonchev–Trinajstić information content (AvgIpc) is 3.33. The molecule has 11 heteroatoms. The molecule has 0 aromatic heterocycles. The molecule has 7 nitrogen and oxygen atoms in total. The highest BCUT2D eigenvalue weighted by Gasteiger charge is 2.42. The molecular weight excluding hydrogens is 647 g/mol. The molecular formula is C34H46Cl2N2O5SSi. The number of hydrogen-bond acceptors (Lipinski definition) is 5. The first kappa shape index (κ1) is 34.4. The van der Waals surface area contributed by atoms with E-state index in [1.54, 1.807) is 17.0 Å². The zero-order valence-corrected chi connectivity index (χ0v) is 30.4. The van der Waals surface area contributed by atoms with Crippen molar-refractivity contribution in [3.8, 4) is 11.1 Å². The summed E-state index contributed by atoms with van der Waals surface area (Å²) in [5.41, 5.74) is 2.99. The van der Waals surface area contributed by atoms with Gasteiger partial charge in [-0.3, -0.25) is 9.59 Å². The Bertz CT molecular complexity index is 1500. The number of sulfone groups is 1. The summed E-state index contributed by atoms with van der Waals surface area (Å²) in [6.07, 6.45) is 5.57. The predicted molar refractivity (Wildman–Crippen MR) is 184 cm³/mol. The number of carbonyl (C=O) groups is 2. The molecule has 0 N–H and O–H groups in total. The smallest absolute Gasteiger partial charge is 0.253 e. The first-order chi connectivity index (χ1) is 21.0. The van der Waals surface area contributed by atoms with Crippen molar-refractivity contribution in [2.45, 2.75) is 89.6 Å². The van der Waals surface area contributed by atoms with Crippen LogP contribution in [0.25, 0.3) is 11.1 Å². The normalized spacial score (nSPS) is 24.2. The fourth-order valence-corrected chi connectivity index (χ4v) is 9.76. The van der Waals surface area contributed by atoms with Gasteiger partial charge in [0, 0.05) is 53.3 Å². The molecule has 0 radical (unpaired) electrons. The molecule has 2 saturated heterocycles. The van der Waals surface area contributed by atoms with Gasteiger partial charge in [0.05, 0.1) is 11.5 Å². The van der Waals surface area contributed by atoms with Crippen LogP contribution in [0.5, 0.6) is 0 Å². The maximum atomic E-state index is 13.5. The van der Waals surface area contributed by atoms with E-state index in [9.17, 15) is 18.0 Å². The Balaban J connectivity index is 1.18. The number of rotatable bonds is 7. The van der Waals surface area contributed by atoms with Gasteiger partial charge in [0.2, 0.25) is 5.91 Å². The van der Waals surface area contributed by atoms with Gasteiger partial charge in [-0.25, -0.2) is 8.42 Å². The maximum absolute atomic E-state index is 13.5. The van der Waals surface area contributed by atoms with Crippen LogP contribution in [0, 0.1) is 5.92 Å². The summed E-state index contributed by atoms with van der Waals surface area (Å²) in [5.74, 6) is -0.114. The van der Waals surface area contributed by atoms with Crippen LogP contribution in [0.1, 0.15) is 68.8 Å². The standard InChI is InChI=1S/C34H46Cl2N2O5SSi/c1-34(2,3)45(4,5)43-28-12-10-27(11-13-28)38-15-14-25(33(38)40)20-29-30(35)21-26(22-31(29)36)23-6-8-24(9-7-23)32(39)37-16-18-44(41,42)19-17-37/h6-9,21-22,25,27-28H,10-20H2,1-5H3. The highest BCUT2D eigenvalue weighted by atomic mass is 35.5. The molecule has 0 bridgehead atoms. The number of amides is 2. The number of benzene rings is 2. The summed E-state index contributed by atoms with van der Waals surface area (Å²) < 4.78 is 30.1. The quantitative estimate of drug-likeness (QED) is 0.285. The third-order valence-corrected chi connectivity index (χ3v) is 17.2. The number of halogens is 2. The van der Waals surface area contributed by atoms with Gasteiger partial charge in [0.15, 0.2) is 18.2 Å². The Labute approximate surface area is 279 Å². The van der Waals surface area contributed by atoms with Crippen molar-refractivity contribution >= 4 is 53.2 Å². The second kappa shape index (κ2) is 13.3. The average molecular weight is 694 g/mol. The zero-order valence-electron chi connectivity index (χ0n) is 27.1. The van der Waals surface area contributed by atoms with Crippen molar-refractivity contribution in [3.63, 3.8) is 0 Å². The van der Waals surface area contributed by atoms with Crippen LogP contribution in [0.4, 0.5) is 0 Å². The molecule has 3 fully saturated rings. The summed E-state index contributed by atoms with van der Waals surface area (Å²) in [4.78, 5) is 30.1. The summed E-state index contributed by atoms with van der Waals surface area (Å²) in [5, 5.41) is 1.25. The van der Waals surface area contributed by atoms with Crippen LogP contribution >= 0.6 is 23.2 Å². The van der Waals surface area contributed by atoms with Crippen LogP contribution in [0.3, 0.4) is 0 Å². The lowest BCUT2D eigenvalue weighted by atomic mass is 9.92. The molecule has 2 heterocycles. The Kier molecular flexibility index (Phi) is 10.2. The zero-order chi connectivity index (χ0) is 32.7. The highest BCUT2D eigenvalue weighted by molar-refractivity contribution is 7.91. The van der Waals surface area contributed by atoms with Crippen molar-refractivity contribution in [2.24, 2.45) is 5.92 Å². The van der Waals surface area contributed by atoms with Crippen LogP contribution in [0.2, 0.25) is 28.2 Å². The summed E-state index contributed by atoms with van der Waals surface area (Å²) in [6, 6.07) is 11.2. The van der Waals surface area contributed by atoms with E-state index in [1.807, 2.05) is 24.3 Å². The lowest BCUT2D eigenvalue weighted by Crippen LogP contribution is -2.47. The van der Waals surface area contributed by atoms with Crippen molar-refractivity contribution in [2.75, 3.05) is 31.1 Å². The van der Waals surface area contributed by atoms with Gasteiger partial charge in [-0.15, -0.1) is 0 Å². The van der Waals surface area contributed by atoms with E-state index in [-0.39, 0.29) is 53.4 Å². The Hall–Kier alpha value is -1.91. The number of carbonyl (C=O) groups excluding carboxylic acids is 2. The van der Waals surface area contributed by atoms with E-state index >= 15 is 0 Å². The molecule has 1 atom stereocenters. The molecule has 2 aliphatic heterocycles. The van der Waals surface area contributed by atoms with Gasteiger partial charge in [-0.05, 0) is 97.6 Å². The minimum Gasteiger partial charge on any atom is -0.414 e. The molecule has 45 heavy (non-hydrogen) atoms. The maximum Gasteiger partial charge on any atom is 0.253 e. The van der Waals surface area contributed by atoms with E-state index in [0.29, 0.717) is 28.1 Å². The largest absolute Gasteiger partial charge is 0.414 e. The molecule has 1 aliphatic carbocycles. The SMILES string of the molecule is CC(C)(C)[Si](C)(C)OC1CCC(N2CCC(Cc3c(Cl)cc(-c4ccc(C(=O)N5CCS(=O)(=O)CC5)cc4)cc3Cl)C2=O)CC1. The van der Waals surface area contributed by atoms with E-state index in [2.05, 4.69) is 38.8 Å². The van der Waals surface area contributed by atoms with Crippen molar-refractivity contribution < 1.29 is 22.4 Å². The molecule has 1 saturated carbocycles. The lowest BCUT2D eigenvalue weighted by molar-refractivity contribution is -0.133. The Morgan fingerprint density at radius 1 is 0.911 bits per heavy atom. The number of likely N-dealkylation sites (tertiary alicyclic amines) is 1. The van der Waals surface area contributed by atoms with Crippen molar-refractivity contribution in [1.29, 1.82) is 0 Å².